The maximum absolute atomic E-state index is 5.74. The average Bonchev–Trinajstić information content (AvgIpc) is 2.32. The lowest BCUT2D eigenvalue weighted by Crippen LogP contribution is -2.09. The fourth-order valence-corrected chi connectivity index (χ4v) is 1.84. The van der Waals surface area contributed by atoms with Crippen LogP contribution in [0.5, 0.6) is 0 Å². The Morgan fingerprint density at radius 2 is 1.88 bits per heavy atom. The number of anilines is 2. The molecular weight excluding hydrogens is 210 g/mol. The molecule has 1 aromatic heterocycles. The van der Waals surface area contributed by atoms with Crippen LogP contribution in [0.3, 0.4) is 0 Å². The zero-order valence-electron chi connectivity index (χ0n) is 10.4. The van der Waals surface area contributed by atoms with E-state index in [-0.39, 0.29) is 0 Å². The van der Waals surface area contributed by atoms with E-state index in [2.05, 4.69) is 28.1 Å². The maximum Gasteiger partial charge on any atom is 0.126 e. The van der Waals surface area contributed by atoms with Gasteiger partial charge >= 0.3 is 0 Å². The van der Waals surface area contributed by atoms with Crippen molar-refractivity contribution in [3.8, 4) is 11.1 Å². The molecule has 3 heteroatoms. The minimum Gasteiger partial charge on any atom is -0.383 e. The Labute approximate surface area is 102 Å². The number of nitrogen functional groups attached to an aromatic ring is 1. The van der Waals surface area contributed by atoms with Gasteiger partial charge in [0.15, 0.2) is 0 Å². The number of para-hydroxylation sites is 1. The summed E-state index contributed by atoms with van der Waals surface area (Å²) < 4.78 is 0. The number of aryl methyl sites for hydroxylation is 1. The van der Waals surface area contributed by atoms with E-state index in [0.29, 0.717) is 5.82 Å². The first kappa shape index (κ1) is 11.5. The molecule has 1 aromatic carbocycles. The second kappa shape index (κ2) is 4.45. The molecule has 0 fully saturated rings. The average molecular weight is 227 g/mol. The molecule has 0 unspecified atom stereocenters. The summed E-state index contributed by atoms with van der Waals surface area (Å²) in [5, 5.41) is 0. The molecule has 0 radical (unpaired) electrons. The number of rotatable bonds is 2. The van der Waals surface area contributed by atoms with Crippen LogP contribution < -0.4 is 10.6 Å². The van der Waals surface area contributed by atoms with Crippen molar-refractivity contribution in [1.29, 1.82) is 0 Å². The van der Waals surface area contributed by atoms with E-state index in [1.54, 1.807) is 0 Å². The molecule has 2 N–H and O–H groups in total. The number of hydrogen-bond donors (Lipinski definition) is 1. The van der Waals surface area contributed by atoms with Crippen molar-refractivity contribution in [2.24, 2.45) is 0 Å². The zero-order chi connectivity index (χ0) is 12.4. The lowest BCUT2D eigenvalue weighted by Gasteiger charge is -2.17. The number of nitrogens with zero attached hydrogens (tertiary/aromatic N) is 2. The van der Waals surface area contributed by atoms with E-state index in [9.17, 15) is 0 Å². The number of aromatic nitrogens is 1. The van der Waals surface area contributed by atoms with E-state index in [1.807, 2.05) is 39.3 Å². The van der Waals surface area contributed by atoms with Gasteiger partial charge in [-0.3, -0.25) is 0 Å². The van der Waals surface area contributed by atoms with E-state index in [0.717, 1.165) is 11.1 Å². The van der Waals surface area contributed by atoms with Crippen molar-refractivity contribution in [2.75, 3.05) is 24.7 Å². The van der Waals surface area contributed by atoms with Crippen molar-refractivity contribution in [1.82, 2.24) is 4.98 Å². The predicted molar refractivity (Wildman–Crippen MR) is 73.1 cm³/mol. The normalized spacial score (nSPS) is 10.3. The second-order valence-electron chi connectivity index (χ2n) is 4.34. The highest BCUT2D eigenvalue weighted by Gasteiger charge is 2.07. The summed E-state index contributed by atoms with van der Waals surface area (Å²) in [6.45, 7) is 1.98. The quantitative estimate of drug-likeness (QED) is 0.857. The third-order valence-corrected chi connectivity index (χ3v) is 2.82. The van der Waals surface area contributed by atoms with E-state index in [4.69, 9.17) is 5.73 Å². The van der Waals surface area contributed by atoms with Gasteiger partial charge in [0.25, 0.3) is 0 Å². The molecule has 0 aliphatic rings. The van der Waals surface area contributed by atoms with Gasteiger partial charge in [-0.05, 0) is 24.6 Å². The second-order valence-corrected chi connectivity index (χ2v) is 4.34. The smallest absolute Gasteiger partial charge is 0.126 e. The molecule has 17 heavy (non-hydrogen) atoms. The van der Waals surface area contributed by atoms with E-state index in [1.165, 1.54) is 11.3 Å². The Morgan fingerprint density at radius 1 is 1.18 bits per heavy atom. The van der Waals surface area contributed by atoms with Crippen molar-refractivity contribution >= 4 is 11.5 Å². The van der Waals surface area contributed by atoms with Crippen molar-refractivity contribution in [3.63, 3.8) is 0 Å². The molecule has 0 bridgehead atoms. The molecule has 0 aliphatic carbocycles. The van der Waals surface area contributed by atoms with Crippen LogP contribution in [-0.4, -0.2) is 19.1 Å². The predicted octanol–water partition coefficient (Wildman–Crippen LogP) is 2.71. The Bertz CT molecular complexity index is 533. The molecule has 88 valence electrons. The standard InChI is InChI=1S/C14H17N3/c1-10-8-11(9-16-14(10)15)12-6-4-5-7-13(12)17(2)3/h4-9H,1-3H3,(H2,15,16). The first-order chi connectivity index (χ1) is 8.09. The topological polar surface area (TPSA) is 42.2 Å². The molecule has 0 atom stereocenters. The largest absolute Gasteiger partial charge is 0.383 e. The van der Waals surface area contributed by atoms with Crippen LogP contribution in [0.4, 0.5) is 11.5 Å². The maximum atomic E-state index is 5.74. The molecule has 1 heterocycles. The molecule has 2 rings (SSSR count). The fourth-order valence-electron chi connectivity index (χ4n) is 1.84. The van der Waals surface area contributed by atoms with Crippen molar-refractivity contribution < 1.29 is 0 Å². The lowest BCUT2D eigenvalue weighted by atomic mass is 10.0. The number of pyridine rings is 1. The van der Waals surface area contributed by atoms with Gasteiger partial charge in [0.2, 0.25) is 0 Å². The summed E-state index contributed by atoms with van der Waals surface area (Å²) in [7, 11) is 4.08. The van der Waals surface area contributed by atoms with Gasteiger partial charge in [-0.25, -0.2) is 4.98 Å². The van der Waals surface area contributed by atoms with Crippen LogP contribution >= 0.6 is 0 Å². The SMILES string of the molecule is Cc1cc(-c2ccccc2N(C)C)cnc1N. The third kappa shape index (κ3) is 2.23. The Hall–Kier alpha value is -2.03. The first-order valence-electron chi connectivity index (χ1n) is 5.58. The first-order valence-corrected chi connectivity index (χ1v) is 5.58. The highest BCUT2D eigenvalue weighted by atomic mass is 15.1. The number of benzene rings is 1. The highest BCUT2D eigenvalue weighted by molar-refractivity contribution is 5.78. The Morgan fingerprint density at radius 3 is 2.53 bits per heavy atom. The van der Waals surface area contributed by atoms with Crippen LogP contribution in [-0.2, 0) is 0 Å². The molecule has 0 aliphatic heterocycles. The van der Waals surface area contributed by atoms with Gasteiger partial charge in [-0.15, -0.1) is 0 Å². The van der Waals surface area contributed by atoms with Crippen LogP contribution in [0.25, 0.3) is 11.1 Å². The summed E-state index contributed by atoms with van der Waals surface area (Å²) in [6, 6.07) is 10.3. The van der Waals surface area contributed by atoms with Gasteiger partial charge in [0.05, 0.1) is 0 Å². The van der Waals surface area contributed by atoms with Gasteiger partial charge in [0, 0.05) is 37.1 Å². The molecule has 0 saturated carbocycles. The minimum atomic E-state index is 0.594. The minimum absolute atomic E-state index is 0.594. The molecule has 2 aromatic rings. The van der Waals surface area contributed by atoms with Crippen LogP contribution in [0.15, 0.2) is 36.5 Å². The summed E-state index contributed by atoms with van der Waals surface area (Å²) >= 11 is 0. The van der Waals surface area contributed by atoms with Gasteiger partial charge < -0.3 is 10.6 Å². The van der Waals surface area contributed by atoms with Gasteiger partial charge in [-0.2, -0.15) is 0 Å². The van der Waals surface area contributed by atoms with Crippen molar-refractivity contribution in [3.05, 3.63) is 42.1 Å². The zero-order valence-corrected chi connectivity index (χ0v) is 10.4. The fraction of sp³-hybridized carbons (Fsp3) is 0.214. The molecular formula is C14H17N3. The van der Waals surface area contributed by atoms with E-state index >= 15 is 0 Å². The molecule has 0 spiro atoms. The third-order valence-electron chi connectivity index (χ3n) is 2.82. The van der Waals surface area contributed by atoms with Gasteiger partial charge in [-0.1, -0.05) is 18.2 Å². The Kier molecular flexibility index (Phi) is 3.00. The molecule has 3 nitrogen and oxygen atoms in total. The van der Waals surface area contributed by atoms with Crippen LogP contribution in [0.2, 0.25) is 0 Å². The molecule has 0 amide bonds. The van der Waals surface area contributed by atoms with Crippen LogP contribution in [0.1, 0.15) is 5.56 Å². The highest BCUT2D eigenvalue weighted by Crippen LogP contribution is 2.30. The number of nitrogens with two attached hydrogens (primary N) is 1. The van der Waals surface area contributed by atoms with Crippen molar-refractivity contribution in [2.45, 2.75) is 6.92 Å². The lowest BCUT2D eigenvalue weighted by molar-refractivity contribution is 1.13. The molecule has 0 saturated heterocycles. The number of hydrogen-bond acceptors (Lipinski definition) is 3. The van der Waals surface area contributed by atoms with Crippen LogP contribution in [0, 0.1) is 6.92 Å². The summed E-state index contributed by atoms with van der Waals surface area (Å²) in [5.74, 6) is 0.594. The summed E-state index contributed by atoms with van der Waals surface area (Å²) in [5.41, 5.74) is 10.2. The Balaban J connectivity index is 2.56. The van der Waals surface area contributed by atoms with E-state index < -0.39 is 0 Å². The summed E-state index contributed by atoms with van der Waals surface area (Å²) in [4.78, 5) is 6.31. The monoisotopic (exact) mass is 227 g/mol. The van der Waals surface area contributed by atoms with Gasteiger partial charge in [0.1, 0.15) is 5.82 Å². The summed E-state index contributed by atoms with van der Waals surface area (Å²) in [6.07, 6.45) is 1.82.